The molecule has 0 N–H and O–H groups in total. The van der Waals surface area contributed by atoms with Crippen molar-refractivity contribution in [2.75, 3.05) is 6.61 Å². The quantitative estimate of drug-likeness (QED) is 0.454. The van der Waals surface area contributed by atoms with Gasteiger partial charge in [0.25, 0.3) is 5.69 Å². The van der Waals surface area contributed by atoms with Crippen LogP contribution < -0.4 is 0 Å². The first-order chi connectivity index (χ1) is 7.91. The number of hydrogen-bond acceptors (Lipinski definition) is 5. The van der Waals surface area contributed by atoms with Crippen molar-refractivity contribution in [1.29, 1.82) is 0 Å². The van der Waals surface area contributed by atoms with Crippen molar-refractivity contribution in [2.24, 2.45) is 0 Å². The van der Waals surface area contributed by atoms with Crippen LogP contribution in [0.1, 0.15) is 26.5 Å². The third kappa shape index (κ3) is 2.58. The van der Waals surface area contributed by atoms with Gasteiger partial charge >= 0.3 is 5.97 Å². The number of nitrogens with zero attached hydrogens (tertiary/aromatic N) is 2. The average Bonchev–Trinajstić information content (AvgIpc) is 2.29. The van der Waals surface area contributed by atoms with Crippen molar-refractivity contribution in [3.63, 3.8) is 0 Å². The monoisotopic (exact) mass is 238 g/mol. The van der Waals surface area contributed by atoms with E-state index >= 15 is 0 Å². The summed E-state index contributed by atoms with van der Waals surface area (Å²) in [6.45, 7) is 5.02. The molecule has 0 saturated carbocycles. The third-order valence-electron chi connectivity index (χ3n) is 2.36. The van der Waals surface area contributed by atoms with Crippen molar-refractivity contribution in [2.45, 2.75) is 26.2 Å². The highest BCUT2D eigenvalue weighted by Crippen LogP contribution is 2.30. The van der Waals surface area contributed by atoms with Crippen LogP contribution in [0.5, 0.6) is 0 Å². The molecule has 6 heteroatoms. The summed E-state index contributed by atoms with van der Waals surface area (Å²) in [7, 11) is 0. The van der Waals surface area contributed by atoms with Crippen LogP contribution in [0, 0.1) is 10.1 Å². The zero-order valence-corrected chi connectivity index (χ0v) is 9.97. The lowest BCUT2D eigenvalue weighted by Crippen LogP contribution is -2.32. The molecule has 1 aromatic rings. The Morgan fingerprint density at radius 2 is 2.24 bits per heavy atom. The van der Waals surface area contributed by atoms with E-state index in [1.807, 2.05) is 0 Å². The minimum absolute atomic E-state index is 0.114. The summed E-state index contributed by atoms with van der Waals surface area (Å²) in [5.74, 6) is -0.526. The number of rotatable bonds is 4. The fourth-order valence-corrected chi connectivity index (χ4v) is 1.43. The van der Waals surface area contributed by atoms with Crippen molar-refractivity contribution < 1.29 is 14.5 Å². The van der Waals surface area contributed by atoms with E-state index in [4.69, 9.17) is 4.74 Å². The highest BCUT2D eigenvalue weighted by atomic mass is 16.6. The molecule has 0 amide bonds. The molecule has 0 aromatic carbocycles. The Balaban J connectivity index is 3.23. The largest absolute Gasteiger partial charge is 0.465 e. The summed E-state index contributed by atoms with van der Waals surface area (Å²) in [6.07, 6.45) is 1.42. The van der Waals surface area contributed by atoms with Gasteiger partial charge in [0, 0.05) is 12.3 Å². The van der Waals surface area contributed by atoms with Gasteiger partial charge in [-0.05, 0) is 26.8 Å². The number of carbonyl (C=O) groups is 1. The van der Waals surface area contributed by atoms with Gasteiger partial charge in [-0.25, -0.2) is 0 Å². The van der Waals surface area contributed by atoms with Gasteiger partial charge in [0.15, 0.2) is 0 Å². The number of hydrogen-bond donors (Lipinski definition) is 0. The predicted octanol–water partition coefficient (Wildman–Crippen LogP) is 1.83. The molecule has 0 spiro atoms. The van der Waals surface area contributed by atoms with Gasteiger partial charge in [-0.15, -0.1) is 0 Å². The molecule has 0 atom stereocenters. The number of esters is 1. The molecule has 1 heterocycles. The summed E-state index contributed by atoms with van der Waals surface area (Å²) in [5, 5.41) is 10.9. The van der Waals surface area contributed by atoms with Crippen LogP contribution in [0.3, 0.4) is 0 Å². The van der Waals surface area contributed by atoms with E-state index < -0.39 is 16.3 Å². The Bertz CT molecular complexity index is 443. The zero-order valence-electron chi connectivity index (χ0n) is 9.97. The molecule has 6 nitrogen and oxygen atoms in total. The van der Waals surface area contributed by atoms with Crippen LogP contribution in [0.4, 0.5) is 5.69 Å². The van der Waals surface area contributed by atoms with Gasteiger partial charge in [-0.2, -0.15) is 0 Å². The number of carbonyl (C=O) groups excluding carboxylic acids is 1. The first kappa shape index (κ1) is 13.1. The average molecular weight is 238 g/mol. The normalized spacial score (nSPS) is 11.0. The van der Waals surface area contributed by atoms with Crippen molar-refractivity contribution in [3.8, 4) is 0 Å². The fourth-order valence-electron chi connectivity index (χ4n) is 1.43. The number of pyridine rings is 1. The van der Waals surface area contributed by atoms with Gasteiger partial charge in [-0.1, -0.05) is 0 Å². The Morgan fingerprint density at radius 1 is 1.59 bits per heavy atom. The predicted molar refractivity (Wildman–Crippen MR) is 60.6 cm³/mol. The zero-order chi connectivity index (χ0) is 13.1. The van der Waals surface area contributed by atoms with Crippen molar-refractivity contribution >= 4 is 11.7 Å². The van der Waals surface area contributed by atoms with Crippen LogP contribution in [0.15, 0.2) is 18.3 Å². The molecular formula is C11H14N2O4. The standard InChI is InChI=1S/C11H14N2O4/c1-4-17-10(14)11(2,3)9-8(13(15)16)6-5-7-12-9/h5-7H,4H2,1-3H3. The first-order valence-electron chi connectivity index (χ1n) is 5.18. The molecule has 0 saturated heterocycles. The highest BCUT2D eigenvalue weighted by Gasteiger charge is 2.38. The number of nitro groups is 1. The van der Waals surface area contributed by atoms with Crippen LogP contribution in [-0.2, 0) is 14.9 Å². The summed E-state index contributed by atoms with van der Waals surface area (Å²) < 4.78 is 4.89. The summed E-state index contributed by atoms with van der Waals surface area (Å²) in [6, 6.07) is 2.78. The van der Waals surface area contributed by atoms with E-state index in [1.165, 1.54) is 18.3 Å². The fraction of sp³-hybridized carbons (Fsp3) is 0.455. The number of ether oxygens (including phenoxy) is 1. The maximum atomic E-state index is 11.8. The second kappa shape index (κ2) is 4.90. The Labute approximate surface area is 98.8 Å². The molecule has 17 heavy (non-hydrogen) atoms. The molecule has 0 bridgehead atoms. The first-order valence-corrected chi connectivity index (χ1v) is 5.18. The maximum Gasteiger partial charge on any atom is 0.317 e. The van der Waals surface area contributed by atoms with Crippen LogP contribution >= 0.6 is 0 Å². The molecule has 0 aliphatic carbocycles. The third-order valence-corrected chi connectivity index (χ3v) is 2.36. The smallest absolute Gasteiger partial charge is 0.317 e. The molecular weight excluding hydrogens is 224 g/mol. The molecule has 0 fully saturated rings. The van der Waals surface area contributed by atoms with E-state index in [1.54, 1.807) is 20.8 Å². The van der Waals surface area contributed by atoms with Crippen LogP contribution in [-0.4, -0.2) is 22.5 Å². The lowest BCUT2D eigenvalue weighted by Gasteiger charge is -2.21. The van der Waals surface area contributed by atoms with Crippen LogP contribution in [0.25, 0.3) is 0 Å². The molecule has 1 rings (SSSR count). The molecule has 0 aliphatic rings. The van der Waals surface area contributed by atoms with Gasteiger partial charge in [0.05, 0.1) is 11.5 Å². The van der Waals surface area contributed by atoms with E-state index in [0.717, 1.165) is 0 Å². The minimum atomic E-state index is -1.14. The number of aromatic nitrogens is 1. The summed E-state index contributed by atoms with van der Waals surface area (Å²) >= 11 is 0. The lowest BCUT2D eigenvalue weighted by atomic mass is 9.88. The van der Waals surface area contributed by atoms with E-state index in [2.05, 4.69) is 4.98 Å². The second-order valence-corrected chi connectivity index (χ2v) is 3.97. The SMILES string of the molecule is CCOC(=O)C(C)(C)c1ncccc1[N+](=O)[O-]. The van der Waals surface area contributed by atoms with Gasteiger partial charge < -0.3 is 4.74 Å². The van der Waals surface area contributed by atoms with Gasteiger partial charge in [-0.3, -0.25) is 19.9 Å². The lowest BCUT2D eigenvalue weighted by molar-refractivity contribution is -0.386. The molecule has 92 valence electrons. The van der Waals surface area contributed by atoms with E-state index in [9.17, 15) is 14.9 Å². The Kier molecular flexibility index (Phi) is 3.77. The van der Waals surface area contributed by atoms with E-state index in [0.29, 0.717) is 0 Å². The summed E-state index contributed by atoms with van der Waals surface area (Å²) in [4.78, 5) is 26.0. The van der Waals surface area contributed by atoms with Crippen LogP contribution in [0.2, 0.25) is 0 Å². The molecule has 1 aromatic heterocycles. The van der Waals surface area contributed by atoms with Gasteiger partial charge in [0.1, 0.15) is 11.1 Å². The highest BCUT2D eigenvalue weighted by molar-refractivity contribution is 5.82. The van der Waals surface area contributed by atoms with E-state index in [-0.39, 0.29) is 18.0 Å². The van der Waals surface area contributed by atoms with Gasteiger partial charge in [0.2, 0.25) is 0 Å². The maximum absolute atomic E-state index is 11.8. The summed E-state index contributed by atoms with van der Waals surface area (Å²) in [5.41, 5.74) is -1.20. The topological polar surface area (TPSA) is 82.3 Å². The van der Waals surface area contributed by atoms with Crippen molar-refractivity contribution in [3.05, 3.63) is 34.1 Å². The minimum Gasteiger partial charge on any atom is -0.465 e. The molecule has 0 aliphatic heterocycles. The molecule has 0 unspecified atom stereocenters. The van der Waals surface area contributed by atoms with Crippen molar-refractivity contribution in [1.82, 2.24) is 4.98 Å². The second-order valence-electron chi connectivity index (χ2n) is 3.97. The Morgan fingerprint density at radius 3 is 2.76 bits per heavy atom. The molecule has 0 radical (unpaired) electrons. The Hall–Kier alpha value is -1.98.